The van der Waals surface area contributed by atoms with Gasteiger partial charge in [-0.05, 0) is 37.2 Å². The topological polar surface area (TPSA) is 97.9 Å². The Balaban J connectivity index is 1.21. The Morgan fingerprint density at radius 2 is 1.91 bits per heavy atom. The maximum absolute atomic E-state index is 14.8. The molecule has 3 N–H and O–H groups in total. The second kappa shape index (κ2) is 8.00. The van der Waals surface area contributed by atoms with Crippen molar-refractivity contribution in [1.29, 1.82) is 0 Å². The summed E-state index contributed by atoms with van der Waals surface area (Å²) in [6, 6.07) is 10.5. The van der Waals surface area contributed by atoms with Crippen LogP contribution in [-0.4, -0.2) is 71.9 Å². The summed E-state index contributed by atoms with van der Waals surface area (Å²) >= 11 is 0. The number of nitrogens with zero attached hydrogens (tertiary/aromatic N) is 1. The van der Waals surface area contributed by atoms with Crippen LogP contribution in [0, 0.1) is 5.82 Å². The van der Waals surface area contributed by atoms with Crippen LogP contribution in [0.15, 0.2) is 36.4 Å². The Hall–Kier alpha value is -2.72. The van der Waals surface area contributed by atoms with E-state index in [1.54, 1.807) is 6.07 Å². The van der Waals surface area contributed by atoms with Crippen LogP contribution in [0.4, 0.5) is 4.39 Å². The third-order valence-electron chi connectivity index (χ3n) is 6.24. The Morgan fingerprint density at radius 1 is 1.06 bits per heavy atom. The molecule has 0 amide bonds. The molecule has 2 aromatic heterocycles. The number of fused-ring (bicyclic) bond motifs is 2. The summed E-state index contributed by atoms with van der Waals surface area (Å²) < 4.78 is 37.9. The molecule has 3 aliphatic rings. The zero-order chi connectivity index (χ0) is 21.7. The minimum atomic E-state index is -0.638. The molecule has 3 fully saturated rings. The molecule has 0 aliphatic carbocycles. The number of aromatic nitrogens is 2. The minimum Gasteiger partial charge on any atom is -0.489 e. The molecule has 0 spiro atoms. The predicted octanol–water partition coefficient (Wildman–Crippen LogP) is 2.02. The number of benzene rings is 1. The average molecular weight is 441 g/mol. The molecule has 6 rings (SSSR count). The zero-order valence-electron chi connectivity index (χ0n) is 17.3. The fourth-order valence-corrected chi connectivity index (χ4v) is 4.59. The predicted molar refractivity (Wildman–Crippen MR) is 113 cm³/mol. The van der Waals surface area contributed by atoms with Crippen LogP contribution >= 0.6 is 0 Å². The highest BCUT2D eigenvalue weighted by atomic mass is 19.1. The fourth-order valence-electron chi connectivity index (χ4n) is 4.59. The monoisotopic (exact) mass is 441 g/mol. The number of aliphatic hydroxyl groups excluding tert-OH is 1. The molecular formula is C23H24FN3O5. The second-order valence-electron chi connectivity index (χ2n) is 8.46. The van der Waals surface area contributed by atoms with Gasteiger partial charge in [-0.25, -0.2) is 9.37 Å². The van der Waals surface area contributed by atoms with Gasteiger partial charge in [-0.3, -0.25) is 0 Å². The van der Waals surface area contributed by atoms with Crippen LogP contribution < -0.4 is 14.8 Å². The van der Waals surface area contributed by atoms with Crippen LogP contribution in [0.5, 0.6) is 11.6 Å². The van der Waals surface area contributed by atoms with Crippen molar-refractivity contribution in [3.05, 3.63) is 42.2 Å². The Morgan fingerprint density at radius 3 is 2.72 bits per heavy atom. The van der Waals surface area contributed by atoms with Crippen LogP contribution in [0.2, 0.25) is 0 Å². The second-order valence-corrected chi connectivity index (χ2v) is 8.46. The SMILES string of the molecule is OC1CO[C@@H]2C(Oc3cc4nc(-c5ccc(OC6CCNC6)cc5)c(F)cc4[nH]3)CO[C@H]12. The molecule has 0 radical (unpaired) electrons. The summed E-state index contributed by atoms with van der Waals surface area (Å²) in [5.41, 5.74) is 2.07. The standard InChI is InChI=1S/C23H24FN3O5/c24-15-7-16-17(8-20(26-16)32-19-11-30-22-18(28)10-29-23(19)22)27-21(15)12-1-3-13(4-2-12)31-14-5-6-25-9-14/h1-4,7-8,14,18-19,22-23,25-26,28H,5-6,9-11H2/t14?,18?,19?,22-,23-/m1/s1. The highest BCUT2D eigenvalue weighted by molar-refractivity contribution is 5.81. The maximum atomic E-state index is 14.8. The van der Waals surface area contributed by atoms with Gasteiger partial charge >= 0.3 is 0 Å². The van der Waals surface area contributed by atoms with Crippen LogP contribution in [0.25, 0.3) is 22.3 Å². The van der Waals surface area contributed by atoms with Crippen molar-refractivity contribution in [2.24, 2.45) is 0 Å². The van der Waals surface area contributed by atoms with Crippen LogP contribution in [0.3, 0.4) is 0 Å². The van der Waals surface area contributed by atoms with E-state index in [0.29, 0.717) is 29.1 Å². The van der Waals surface area contributed by atoms with Gasteiger partial charge in [-0.1, -0.05) is 0 Å². The number of H-pyrrole nitrogens is 1. The first-order valence-electron chi connectivity index (χ1n) is 10.9. The van der Waals surface area contributed by atoms with E-state index in [4.69, 9.17) is 18.9 Å². The first-order valence-corrected chi connectivity index (χ1v) is 10.9. The molecule has 32 heavy (non-hydrogen) atoms. The van der Waals surface area contributed by atoms with Crippen LogP contribution in [0.1, 0.15) is 6.42 Å². The lowest BCUT2D eigenvalue weighted by Crippen LogP contribution is -2.34. The molecular weight excluding hydrogens is 417 g/mol. The van der Waals surface area contributed by atoms with Gasteiger partial charge in [0.05, 0.1) is 24.2 Å². The van der Waals surface area contributed by atoms with E-state index in [-0.39, 0.29) is 36.7 Å². The van der Waals surface area contributed by atoms with Gasteiger partial charge in [0.25, 0.3) is 0 Å². The highest BCUT2D eigenvalue weighted by Crippen LogP contribution is 2.32. The lowest BCUT2D eigenvalue weighted by molar-refractivity contribution is 0.00794. The number of pyridine rings is 1. The third kappa shape index (κ3) is 3.61. The number of rotatable bonds is 5. The summed E-state index contributed by atoms with van der Waals surface area (Å²) in [5.74, 6) is 0.792. The molecule has 5 atom stereocenters. The van der Waals surface area contributed by atoms with E-state index < -0.39 is 11.9 Å². The molecule has 0 saturated carbocycles. The number of aromatic amines is 1. The number of nitrogens with one attached hydrogen (secondary N) is 2. The molecule has 8 nitrogen and oxygen atoms in total. The van der Waals surface area contributed by atoms with Crippen molar-refractivity contribution in [2.75, 3.05) is 26.3 Å². The fraction of sp³-hybridized carbons (Fsp3) is 0.435. The lowest BCUT2D eigenvalue weighted by atomic mass is 10.1. The molecule has 168 valence electrons. The number of hydrogen-bond acceptors (Lipinski definition) is 7. The summed E-state index contributed by atoms with van der Waals surface area (Å²) in [4.78, 5) is 7.57. The largest absolute Gasteiger partial charge is 0.489 e. The first-order chi connectivity index (χ1) is 15.6. The number of ether oxygens (including phenoxy) is 4. The highest BCUT2D eigenvalue weighted by Gasteiger charge is 2.48. The van der Waals surface area contributed by atoms with E-state index in [1.165, 1.54) is 6.07 Å². The quantitative estimate of drug-likeness (QED) is 0.557. The van der Waals surface area contributed by atoms with Crippen molar-refractivity contribution in [3.63, 3.8) is 0 Å². The van der Waals surface area contributed by atoms with E-state index in [9.17, 15) is 9.50 Å². The normalized spacial score (nSPS) is 29.5. The zero-order valence-corrected chi connectivity index (χ0v) is 17.3. The number of hydrogen-bond donors (Lipinski definition) is 3. The number of halogens is 1. The molecule has 3 saturated heterocycles. The first kappa shape index (κ1) is 19.9. The third-order valence-corrected chi connectivity index (χ3v) is 6.24. The molecule has 9 heteroatoms. The summed E-state index contributed by atoms with van der Waals surface area (Å²) in [6.07, 6.45) is -0.531. The number of aliphatic hydroxyl groups is 1. The van der Waals surface area contributed by atoms with E-state index in [1.807, 2.05) is 24.3 Å². The van der Waals surface area contributed by atoms with Gasteiger partial charge < -0.3 is 34.4 Å². The van der Waals surface area contributed by atoms with Gasteiger partial charge in [0.2, 0.25) is 0 Å². The molecule has 3 unspecified atom stereocenters. The summed E-state index contributed by atoms with van der Waals surface area (Å²) in [6.45, 7) is 2.36. The van der Waals surface area contributed by atoms with Gasteiger partial charge in [0, 0.05) is 24.2 Å². The summed E-state index contributed by atoms with van der Waals surface area (Å²) in [7, 11) is 0. The molecule has 5 heterocycles. The van der Waals surface area contributed by atoms with Crippen molar-refractivity contribution in [1.82, 2.24) is 15.3 Å². The van der Waals surface area contributed by atoms with Gasteiger partial charge in [-0.15, -0.1) is 0 Å². The minimum absolute atomic E-state index is 0.170. The molecule has 1 aromatic carbocycles. The molecule has 3 aliphatic heterocycles. The Labute approximate surface area is 183 Å². The smallest absolute Gasteiger partial charge is 0.193 e. The van der Waals surface area contributed by atoms with Gasteiger partial charge in [-0.2, -0.15) is 0 Å². The Kier molecular flexibility index (Phi) is 4.98. The van der Waals surface area contributed by atoms with Crippen molar-refractivity contribution in [3.8, 4) is 22.9 Å². The van der Waals surface area contributed by atoms with Gasteiger partial charge in [0.15, 0.2) is 17.8 Å². The van der Waals surface area contributed by atoms with E-state index >= 15 is 0 Å². The van der Waals surface area contributed by atoms with Crippen LogP contribution in [-0.2, 0) is 9.47 Å². The van der Waals surface area contributed by atoms with Crippen molar-refractivity contribution >= 4 is 11.0 Å². The van der Waals surface area contributed by atoms with E-state index in [2.05, 4.69) is 15.3 Å². The molecule has 3 aromatic rings. The lowest BCUT2D eigenvalue weighted by Gasteiger charge is -2.16. The van der Waals surface area contributed by atoms with Gasteiger partial charge in [0.1, 0.15) is 35.9 Å². The van der Waals surface area contributed by atoms with Crippen molar-refractivity contribution in [2.45, 2.75) is 36.9 Å². The average Bonchev–Trinajstić information content (AvgIpc) is 3.56. The van der Waals surface area contributed by atoms with E-state index in [0.717, 1.165) is 25.3 Å². The maximum Gasteiger partial charge on any atom is 0.193 e. The molecule has 0 bridgehead atoms. The Bertz CT molecular complexity index is 1110. The van der Waals surface area contributed by atoms with Crippen molar-refractivity contribution < 1.29 is 28.4 Å². The summed E-state index contributed by atoms with van der Waals surface area (Å²) in [5, 5.41) is 13.1.